The first kappa shape index (κ1) is 11.5. The zero-order valence-electron chi connectivity index (χ0n) is 9.37. The molecule has 3 N–H and O–H groups in total. The van der Waals surface area contributed by atoms with Crippen LogP contribution in [0.5, 0.6) is 0 Å². The van der Waals surface area contributed by atoms with Crippen LogP contribution >= 0.6 is 15.9 Å². The number of aromatic nitrogens is 3. The number of nitrogens with two attached hydrogens (primary N) is 1. The normalized spacial score (nSPS) is 13.6. The summed E-state index contributed by atoms with van der Waals surface area (Å²) in [5.41, 5.74) is 7.70. The lowest BCUT2D eigenvalue weighted by atomic mass is 10.0. The van der Waals surface area contributed by atoms with E-state index in [0.717, 1.165) is 27.9 Å². The van der Waals surface area contributed by atoms with E-state index in [1.165, 1.54) is 0 Å². The number of aromatic amines is 1. The average Bonchev–Trinajstić information content (AvgIpc) is 2.58. The standard InChI is InChI=1S/C11H15BrN4/c1-6(2)8(13)4-10-15-9-3-7(12)5-14-11(9)16-10/h3,5-6,8H,4,13H2,1-2H3,(H,14,15,16). The SMILES string of the molecule is CC(C)C(N)Cc1nc2ncc(Br)cc2[nH]1. The molecule has 4 nitrogen and oxygen atoms in total. The number of fused-ring (bicyclic) bond motifs is 1. The van der Waals surface area contributed by atoms with Gasteiger partial charge in [-0.05, 0) is 27.9 Å². The van der Waals surface area contributed by atoms with Crippen LogP contribution in [0.25, 0.3) is 11.2 Å². The molecule has 86 valence electrons. The maximum Gasteiger partial charge on any atom is 0.177 e. The lowest BCUT2D eigenvalue weighted by Crippen LogP contribution is -2.29. The molecule has 0 aliphatic carbocycles. The molecule has 0 aliphatic heterocycles. The molecule has 0 saturated heterocycles. The van der Waals surface area contributed by atoms with E-state index in [1.54, 1.807) is 6.20 Å². The van der Waals surface area contributed by atoms with Crippen LogP contribution in [0.15, 0.2) is 16.7 Å². The van der Waals surface area contributed by atoms with Gasteiger partial charge in [-0.3, -0.25) is 0 Å². The molecule has 0 radical (unpaired) electrons. The summed E-state index contributed by atoms with van der Waals surface area (Å²) in [6.07, 6.45) is 2.50. The van der Waals surface area contributed by atoms with Crippen LogP contribution in [-0.4, -0.2) is 21.0 Å². The van der Waals surface area contributed by atoms with Gasteiger partial charge in [0.15, 0.2) is 5.65 Å². The summed E-state index contributed by atoms with van der Waals surface area (Å²) in [5.74, 6) is 1.36. The molecule has 2 aromatic rings. The molecule has 0 fully saturated rings. The van der Waals surface area contributed by atoms with Crippen molar-refractivity contribution in [1.29, 1.82) is 0 Å². The molecule has 0 spiro atoms. The third-order valence-corrected chi connectivity index (χ3v) is 3.07. The number of imidazole rings is 1. The Bertz CT molecular complexity index is 492. The van der Waals surface area contributed by atoms with Crippen molar-refractivity contribution in [2.75, 3.05) is 0 Å². The van der Waals surface area contributed by atoms with Crippen molar-refractivity contribution in [2.45, 2.75) is 26.3 Å². The number of nitrogens with zero attached hydrogens (tertiary/aromatic N) is 2. The molecule has 2 aromatic heterocycles. The number of rotatable bonds is 3. The van der Waals surface area contributed by atoms with E-state index >= 15 is 0 Å². The second-order valence-electron chi connectivity index (χ2n) is 4.32. The fourth-order valence-corrected chi connectivity index (χ4v) is 1.81. The van der Waals surface area contributed by atoms with Crippen LogP contribution in [0.1, 0.15) is 19.7 Å². The van der Waals surface area contributed by atoms with Crippen LogP contribution < -0.4 is 5.73 Å². The lowest BCUT2D eigenvalue weighted by molar-refractivity contribution is 0.483. The van der Waals surface area contributed by atoms with Gasteiger partial charge in [-0.15, -0.1) is 0 Å². The number of H-pyrrole nitrogens is 1. The van der Waals surface area contributed by atoms with Gasteiger partial charge in [-0.1, -0.05) is 13.8 Å². The minimum atomic E-state index is 0.129. The number of pyridine rings is 1. The van der Waals surface area contributed by atoms with Crippen molar-refractivity contribution in [3.8, 4) is 0 Å². The number of hydrogen-bond acceptors (Lipinski definition) is 3. The topological polar surface area (TPSA) is 67.6 Å². The highest BCUT2D eigenvalue weighted by atomic mass is 79.9. The Kier molecular flexibility index (Phi) is 3.25. The van der Waals surface area contributed by atoms with Crippen LogP contribution in [0.3, 0.4) is 0 Å². The van der Waals surface area contributed by atoms with Crippen molar-refractivity contribution in [1.82, 2.24) is 15.0 Å². The Morgan fingerprint density at radius 2 is 2.25 bits per heavy atom. The fraction of sp³-hybridized carbons (Fsp3) is 0.455. The third-order valence-electron chi connectivity index (χ3n) is 2.64. The average molecular weight is 283 g/mol. The smallest absolute Gasteiger partial charge is 0.177 e. The van der Waals surface area contributed by atoms with Crippen molar-refractivity contribution >= 4 is 27.1 Å². The summed E-state index contributed by atoms with van der Waals surface area (Å²) >= 11 is 3.38. The highest BCUT2D eigenvalue weighted by Crippen LogP contribution is 2.16. The largest absolute Gasteiger partial charge is 0.341 e. The van der Waals surface area contributed by atoms with Crippen LogP contribution in [-0.2, 0) is 6.42 Å². The molecule has 0 aromatic carbocycles. The van der Waals surface area contributed by atoms with Gasteiger partial charge >= 0.3 is 0 Å². The molecule has 16 heavy (non-hydrogen) atoms. The molecular weight excluding hydrogens is 268 g/mol. The Morgan fingerprint density at radius 3 is 2.94 bits per heavy atom. The summed E-state index contributed by atoms with van der Waals surface area (Å²) in [7, 11) is 0. The second-order valence-corrected chi connectivity index (χ2v) is 5.24. The van der Waals surface area contributed by atoms with Gasteiger partial charge in [-0.2, -0.15) is 0 Å². The summed E-state index contributed by atoms with van der Waals surface area (Å²) in [6.45, 7) is 4.23. The van der Waals surface area contributed by atoms with Crippen molar-refractivity contribution < 1.29 is 0 Å². The van der Waals surface area contributed by atoms with Gasteiger partial charge < -0.3 is 10.7 Å². The molecular formula is C11H15BrN4. The zero-order chi connectivity index (χ0) is 11.7. The quantitative estimate of drug-likeness (QED) is 0.907. The van der Waals surface area contributed by atoms with E-state index in [2.05, 4.69) is 44.7 Å². The molecule has 1 atom stereocenters. The highest BCUT2D eigenvalue weighted by Gasteiger charge is 2.12. The molecule has 0 bridgehead atoms. The van der Waals surface area contributed by atoms with E-state index < -0.39 is 0 Å². The summed E-state index contributed by atoms with van der Waals surface area (Å²) in [6, 6.07) is 2.10. The number of nitrogens with one attached hydrogen (secondary N) is 1. The summed E-state index contributed by atoms with van der Waals surface area (Å²) in [4.78, 5) is 11.9. The van der Waals surface area contributed by atoms with E-state index in [-0.39, 0.29) is 6.04 Å². The molecule has 5 heteroatoms. The van der Waals surface area contributed by atoms with Crippen LogP contribution in [0, 0.1) is 5.92 Å². The van der Waals surface area contributed by atoms with Crippen LogP contribution in [0.4, 0.5) is 0 Å². The lowest BCUT2D eigenvalue weighted by Gasteiger charge is -2.13. The number of hydrogen-bond donors (Lipinski definition) is 2. The van der Waals surface area contributed by atoms with Gasteiger partial charge in [-0.25, -0.2) is 9.97 Å². The molecule has 0 saturated carbocycles. The van der Waals surface area contributed by atoms with Crippen LogP contribution in [0.2, 0.25) is 0 Å². The monoisotopic (exact) mass is 282 g/mol. The van der Waals surface area contributed by atoms with E-state index in [0.29, 0.717) is 5.92 Å². The molecule has 2 heterocycles. The summed E-state index contributed by atoms with van der Waals surface area (Å²) in [5, 5.41) is 0. The predicted molar refractivity (Wildman–Crippen MR) is 68.1 cm³/mol. The minimum absolute atomic E-state index is 0.129. The highest BCUT2D eigenvalue weighted by molar-refractivity contribution is 9.10. The third kappa shape index (κ3) is 2.41. The number of halogens is 1. The first-order chi connectivity index (χ1) is 7.56. The maximum atomic E-state index is 6.01. The zero-order valence-corrected chi connectivity index (χ0v) is 11.0. The van der Waals surface area contributed by atoms with E-state index in [4.69, 9.17) is 5.73 Å². The van der Waals surface area contributed by atoms with Crippen molar-refractivity contribution in [2.24, 2.45) is 11.7 Å². The van der Waals surface area contributed by atoms with Crippen molar-refractivity contribution in [3.63, 3.8) is 0 Å². The Balaban J connectivity index is 2.26. The second kappa shape index (κ2) is 4.51. The molecule has 1 unspecified atom stereocenters. The van der Waals surface area contributed by atoms with Gasteiger partial charge in [0.1, 0.15) is 5.82 Å². The molecule has 2 rings (SSSR count). The summed E-state index contributed by atoms with van der Waals surface area (Å²) < 4.78 is 0.948. The fourth-order valence-electron chi connectivity index (χ4n) is 1.48. The van der Waals surface area contributed by atoms with Crippen molar-refractivity contribution in [3.05, 3.63) is 22.6 Å². The Hall–Kier alpha value is -0.940. The molecule has 0 amide bonds. The van der Waals surface area contributed by atoms with Gasteiger partial charge in [0, 0.05) is 23.1 Å². The first-order valence-electron chi connectivity index (χ1n) is 5.32. The predicted octanol–water partition coefficient (Wildman–Crippen LogP) is 2.25. The minimum Gasteiger partial charge on any atom is -0.341 e. The van der Waals surface area contributed by atoms with E-state index in [9.17, 15) is 0 Å². The van der Waals surface area contributed by atoms with Gasteiger partial charge in [0.25, 0.3) is 0 Å². The Labute approximate surface area is 103 Å². The van der Waals surface area contributed by atoms with Gasteiger partial charge in [0.2, 0.25) is 0 Å². The maximum absolute atomic E-state index is 6.01. The van der Waals surface area contributed by atoms with E-state index in [1.807, 2.05) is 6.07 Å². The first-order valence-corrected chi connectivity index (χ1v) is 6.11. The molecule has 0 aliphatic rings. The Morgan fingerprint density at radius 1 is 1.50 bits per heavy atom. The van der Waals surface area contributed by atoms with Gasteiger partial charge in [0.05, 0.1) is 5.52 Å².